The van der Waals surface area contributed by atoms with Crippen molar-refractivity contribution in [3.8, 4) is 11.3 Å². The SMILES string of the molecule is Nc1ccc2c3c(c(C(=O)O)sc13)C(N)C(=O)C2(N)c1cc(-c2ccccc2)ncn1. The van der Waals surface area contributed by atoms with Crippen LogP contribution in [0, 0.1) is 0 Å². The van der Waals surface area contributed by atoms with Crippen LogP contribution < -0.4 is 17.2 Å². The Balaban J connectivity index is 1.81. The number of carbonyl (C=O) groups is 2. The van der Waals surface area contributed by atoms with E-state index in [9.17, 15) is 14.7 Å². The van der Waals surface area contributed by atoms with Gasteiger partial charge in [-0.05, 0) is 17.7 Å². The molecular weight excluding hydrogens is 414 g/mol. The van der Waals surface area contributed by atoms with Crippen molar-refractivity contribution in [3.63, 3.8) is 0 Å². The number of thiophene rings is 1. The Morgan fingerprint density at radius 2 is 1.87 bits per heavy atom. The van der Waals surface area contributed by atoms with E-state index in [0.29, 0.717) is 27.0 Å². The maximum Gasteiger partial charge on any atom is 0.346 e. The number of ketones is 1. The smallest absolute Gasteiger partial charge is 0.346 e. The van der Waals surface area contributed by atoms with E-state index in [4.69, 9.17) is 17.2 Å². The molecule has 1 aliphatic carbocycles. The highest BCUT2D eigenvalue weighted by atomic mass is 32.1. The maximum absolute atomic E-state index is 13.5. The van der Waals surface area contributed by atoms with E-state index in [1.165, 1.54) is 6.33 Å². The van der Waals surface area contributed by atoms with Gasteiger partial charge in [0.2, 0.25) is 0 Å². The number of carbonyl (C=O) groups excluding carboxylic acids is 1. The van der Waals surface area contributed by atoms with Gasteiger partial charge in [0.15, 0.2) is 5.78 Å². The van der Waals surface area contributed by atoms with Gasteiger partial charge in [-0.15, -0.1) is 11.3 Å². The van der Waals surface area contributed by atoms with Gasteiger partial charge in [-0.2, -0.15) is 0 Å². The van der Waals surface area contributed by atoms with Crippen LogP contribution in [0.15, 0.2) is 54.9 Å². The van der Waals surface area contributed by atoms with Crippen molar-refractivity contribution < 1.29 is 14.7 Å². The number of nitrogens with two attached hydrogens (primary N) is 3. The van der Waals surface area contributed by atoms with Crippen molar-refractivity contribution in [1.82, 2.24) is 9.97 Å². The lowest BCUT2D eigenvalue weighted by atomic mass is 9.72. The lowest BCUT2D eigenvalue weighted by Crippen LogP contribution is -2.53. The molecule has 2 aromatic carbocycles. The van der Waals surface area contributed by atoms with E-state index in [-0.39, 0.29) is 16.1 Å². The standard InChI is InChI=1S/C22H17N5O3S/c23-12-7-6-11-15-16(19(21(29)30)31-18(12)15)17(24)20(28)22(11,25)14-8-13(26-9-27-14)10-4-2-1-3-5-10/h1-9,17H,23-25H2,(H,29,30). The predicted octanol–water partition coefficient (Wildman–Crippen LogP) is 2.42. The van der Waals surface area contributed by atoms with Gasteiger partial charge < -0.3 is 22.3 Å². The number of aromatic carboxylic acids is 1. The van der Waals surface area contributed by atoms with Gasteiger partial charge >= 0.3 is 5.97 Å². The summed E-state index contributed by atoms with van der Waals surface area (Å²) in [4.78, 5) is 34.0. The number of Topliss-reactive ketones (excluding diaryl/α,β-unsaturated/α-hetero) is 1. The van der Waals surface area contributed by atoms with E-state index in [2.05, 4.69) is 9.97 Å². The first kappa shape index (κ1) is 19.3. The van der Waals surface area contributed by atoms with Crippen LogP contribution in [-0.2, 0) is 10.3 Å². The van der Waals surface area contributed by atoms with Crippen LogP contribution in [0.4, 0.5) is 5.69 Å². The Morgan fingerprint density at radius 1 is 1.13 bits per heavy atom. The van der Waals surface area contributed by atoms with E-state index in [1.54, 1.807) is 18.2 Å². The van der Waals surface area contributed by atoms with Gasteiger partial charge in [-0.3, -0.25) is 4.79 Å². The van der Waals surface area contributed by atoms with Crippen molar-refractivity contribution >= 4 is 38.9 Å². The molecule has 2 atom stereocenters. The minimum absolute atomic E-state index is 0.00953. The number of carboxylic acid groups (broad SMARTS) is 1. The van der Waals surface area contributed by atoms with E-state index < -0.39 is 23.3 Å². The van der Waals surface area contributed by atoms with Crippen molar-refractivity contribution in [1.29, 1.82) is 0 Å². The summed E-state index contributed by atoms with van der Waals surface area (Å²) in [5.41, 5.74) is 20.3. The second-order valence-corrected chi connectivity index (χ2v) is 8.38. The first-order valence-electron chi connectivity index (χ1n) is 9.39. The van der Waals surface area contributed by atoms with Gasteiger partial charge in [0, 0.05) is 22.2 Å². The van der Waals surface area contributed by atoms with Crippen LogP contribution >= 0.6 is 11.3 Å². The number of hydrogen-bond donors (Lipinski definition) is 4. The fourth-order valence-electron chi connectivity index (χ4n) is 4.14. The summed E-state index contributed by atoms with van der Waals surface area (Å²) < 4.78 is 0.542. The molecule has 0 spiro atoms. The molecule has 0 radical (unpaired) electrons. The van der Waals surface area contributed by atoms with Crippen LogP contribution in [0.5, 0.6) is 0 Å². The van der Waals surface area contributed by atoms with Crippen LogP contribution in [0.25, 0.3) is 21.3 Å². The summed E-state index contributed by atoms with van der Waals surface area (Å²) in [5.74, 6) is -1.70. The Morgan fingerprint density at radius 3 is 2.58 bits per heavy atom. The second kappa shape index (κ2) is 6.67. The molecule has 5 rings (SSSR count). The van der Waals surface area contributed by atoms with Gasteiger partial charge in [-0.25, -0.2) is 14.8 Å². The molecule has 154 valence electrons. The van der Waals surface area contributed by atoms with E-state index in [0.717, 1.165) is 16.9 Å². The number of nitrogen functional groups attached to an aromatic ring is 1. The normalized spacial score (nSPS) is 20.2. The maximum atomic E-state index is 13.5. The van der Waals surface area contributed by atoms with Crippen LogP contribution in [0.1, 0.15) is 32.5 Å². The highest BCUT2D eigenvalue weighted by molar-refractivity contribution is 7.21. The molecule has 0 saturated heterocycles. The van der Waals surface area contributed by atoms with Crippen LogP contribution in [-0.4, -0.2) is 26.8 Å². The molecule has 0 aliphatic heterocycles. The third-order valence-corrected chi connectivity index (χ3v) is 6.89. The average molecular weight is 431 g/mol. The number of anilines is 1. The first-order valence-corrected chi connectivity index (χ1v) is 10.2. The van der Waals surface area contributed by atoms with E-state index >= 15 is 0 Å². The van der Waals surface area contributed by atoms with Crippen molar-refractivity contribution in [2.24, 2.45) is 11.5 Å². The van der Waals surface area contributed by atoms with Crippen molar-refractivity contribution in [2.75, 3.05) is 5.73 Å². The minimum Gasteiger partial charge on any atom is -0.477 e. The van der Waals surface area contributed by atoms with Gasteiger partial charge in [0.1, 0.15) is 16.7 Å². The molecule has 0 saturated carbocycles. The molecule has 1 aliphatic rings. The van der Waals surface area contributed by atoms with E-state index in [1.807, 2.05) is 30.3 Å². The van der Waals surface area contributed by atoms with Crippen LogP contribution in [0.2, 0.25) is 0 Å². The first-order chi connectivity index (χ1) is 14.8. The van der Waals surface area contributed by atoms with Crippen LogP contribution in [0.3, 0.4) is 0 Å². The molecule has 2 aromatic heterocycles. The highest BCUT2D eigenvalue weighted by Crippen LogP contribution is 2.49. The Hall–Kier alpha value is -3.66. The summed E-state index contributed by atoms with van der Waals surface area (Å²) in [6, 6.07) is 13.1. The lowest BCUT2D eigenvalue weighted by Gasteiger charge is -2.35. The Bertz CT molecular complexity index is 1380. The monoisotopic (exact) mass is 431 g/mol. The fraction of sp³-hybridized carbons (Fsp3) is 0.0909. The number of rotatable bonds is 3. The molecule has 0 fully saturated rings. The molecule has 2 unspecified atom stereocenters. The zero-order valence-electron chi connectivity index (χ0n) is 16.1. The zero-order valence-corrected chi connectivity index (χ0v) is 16.9. The molecule has 7 N–H and O–H groups in total. The van der Waals surface area contributed by atoms with Gasteiger partial charge in [0.05, 0.1) is 22.1 Å². The summed E-state index contributed by atoms with van der Waals surface area (Å²) in [7, 11) is 0. The number of carboxylic acids is 1. The molecule has 0 amide bonds. The topological polar surface area (TPSA) is 158 Å². The molecule has 31 heavy (non-hydrogen) atoms. The zero-order chi connectivity index (χ0) is 21.9. The minimum atomic E-state index is -1.68. The second-order valence-electron chi connectivity index (χ2n) is 7.36. The summed E-state index contributed by atoms with van der Waals surface area (Å²) in [5, 5.41) is 10.2. The van der Waals surface area contributed by atoms with Crippen molar-refractivity contribution in [2.45, 2.75) is 11.6 Å². The molecule has 4 aromatic rings. The number of benzene rings is 2. The summed E-state index contributed by atoms with van der Waals surface area (Å²) >= 11 is 0.994. The molecule has 0 bridgehead atoms. The fourth-order valence-corrected chi connectivity index (χ4v) is 5.28. The Kier molecular flexibility index (Phi) is 4.16. The molecular formula is C22H17N5O3S. The number of hydrogen-bond acceptors (Lipinski definition) is 8. The number of nitrogens with zero attached hydrogens (tertiary/aromatic N) is 2. The number of aromatic nitrogens is 2. The predicted molar refractivity (Wildman–Crippen MR) is 118 cm³/mol. The largest absolute Gasteiger partial charge is 0.477 e. The lowest BCUT2D eigenvalue weighted by molar-refractivity contribution is -0.124. The van der Waals surface area contributed by atoms with Gasteiger partial charge in [-0.1, -0.05) is 36.4 Å². The summed E-state index contributed by atoms with van der Waals surface area (Å²) in [6.45, 7) is 0. The van der Waals surface area contributed by atoms with Gasteiger partial charge in [0.25, 0.3) is 0 Å². The van der Waals surface area contributed by atoms with Crippen molar-refractivity contribution in [3.05, 3.63) is 76.6 Å². The quantitative estimate of drug-likeness (QED) is 0.360. The third-order valence-electron chi connectivity index (χ3n) is 5.65. The molecule has 9 heteroatoms. The Labute approximate surface area is 180 Å². The summed E-state index contributed by atoms with van der Waals surface area (Å²) in [6.07, 6.45) is 1.35. The highest BCUT2D eigenvalue weighted by Gasteiger charge is 2.49. The third kappa shape index (κ3) is 2.61. The average Bonchev–Trinajstić information content (AvgIpc) is 3.20. The molecule has 2 heterocycles. The molecule has 8 nitrogen and oxygen atoms in total.